The molecule has 1 heterocycles. The van der Waals surface area contributed by atoms with Crippen LogP contribution in [-0.2, 0) is 16.1 Å². The molecule has 0 atom stereocenters. The van der Waals surface area contributed by atoms with Crippen LogP contribution < -0.4 is 5.32 Å². The molecule has 112 valence electrons. The second-order valence-electron chi connectivity index (χ2n) is 4.55. The number of fused-ring (bicyclic) bond motifs is 1. The molecule has 0 saturated carbocycles. The third kappa shape index (κ3) is 3.61. The van der Waals surface area contributed by atoms with E-state index in [4.69, 9.17) is 9.84 Å². The fourth-order valence-electron chi connectivity index (χ4n) is 2.18. The number of ether oxygens (including phenoxy) is 1. The number of aryl methyl sites for hydroxylation is 1. The van der Waals surface area contributed by atoms with E-state index in [0.717, 1.165) is 17.4 Å². The molecule has 21 heavy (non-hydrogen) atoms. The first-order valence-corrected chi connectivity index (χ1v) is 6.79. The van der Waals surface area contributed by atoms with Crippen LogP contribution in [0.1, 0.15) is 17.3 Å². The van der Waals surface area contributed by atoms with Gasteiger partial charge in [-0.15, -0.1) is 0 Å². The molecule has 0 aliphatic heterocycles. The van der Waals surface area contributed by atoms with Crippen LogP contribution in [0.2, 0.25) is 0 Å². The van der Waals surface area contributed by atoms with E-state index in [0.29, 0.717) is 5.56 Å². The molecule has 2 N–H and O–H groups in total. The van der Waals surface area contributed by atoms with Gasteiger partial charge >= 0.3 is 5.97 Å². The van der Waals surface area contributed by atoms with Crippen LogP contribution in [0.25, 0.3) is 10.9 Å². The summed E-state index contributed by atoms with van der Waals surface area (Å²) in [5.74, 6) is -1.20. The number of carboxylic acid groups (broad SMARTS) is 1. The Morgan fingerprint density at radius 2 is 2.10 bits per heavy atom. The zero-order valence-corrected chi connectivity index (χ0v) is 11.8. The highest BCUT2D eigenvalue weighted by Crippen LogP contribution is 2.21. The van der Waals surface area contributed by atoms with Crippen molar-refractivity contribution in [3.05, 3.63) is 36.0 Å². The van der Waals surface area contributed by atoms with E-state index in [1.807, 2.05) is 42.0 Å². The highest BCUT2D eigenvalue weighted by atomic mass is 16.5. The number of nitrogens with one attached hydrogen (secondary N) is 1. The largest absolute Gasteiger partial charge is 0.480 e. The number of carboxylic acids is 1. The molecule has 0 fully saturated rings. The summed E-state index contributed by atoms with van der Waals surface area (Å²) in [4.78, 5) is 22.5. The van der Waals surface area contributed by atoms with Crippen LogP contribution in [0.5, 0.6) is 0 Å². The number of carbonyl (C=O) groups is 2. The second-order valence-corrected chi connectivity index (χ2v) is 4.55. The summed E-state index contributed by atoms with van der Waals surface area (Å²) in [6, 6.07) is 7.73. The lowest BCUT2D eigenvalue weighted by Gasteiger charge is -2.04. The maximum atomic E-state index is 12.2. The standard InChI is InChI=1S/C15H18N2O4/c1-2-17-9-12(11-5-3-4-6-13(11)17)15(20)16-7-8-21-10-14(18)19/h3-6,9H,2,7-8,10H2,1H3,(H,16,20)(H,18,19). The predicted molar refractivity (Wildman–Crippen MR) is 78.4 cm³/mol. The Hall–Kier alpha value is -2.34. The number of carbonyl (C=O) groups excluding carboxylic acids is 1. The molecule has 0 saturated heterocycles. The van der Waals surface area contributed by atoms with Gasteiger partial charge in [0.05, 0.1) is 12.2 Å². The van der Waals surface area contributed by atoms with E-state index in [1.54, 1.807) is 0 Å². The van der Waals surface area contributed by atoms with Gasteiger partial charge in [-0.1, -0.05) is 18.2 Å². The van der Waals surface area contributed by atoms with E-state index in [9.17, 15) is 9.59 Å². The van der Waals surface area contributed by atoms with Crippen molar-refractivity contribution in [1.82, 2.24) is 9.88 Å². The zero-order chi connectivity index (χ0) is 15.2. The lowest BCUT2D eigenvalue weighted by atomic mass is 10.1. The fourth-order valence-corrected chi connectivity index (χ4v) is 2.18. The van der Waals surface area contributed by atoms with Gasteiger partial charge in [0, 0.05) is 30.2 Å². The number of nitrogens with zero attached hydrogens (tertiary/aromatic N) is 1. The molecule has 6 nitrogen and oxygen atoms in total. The van der Waals surface area contributed by atoms with Crippen molar-refractivity contribution in [2.75, 3.05) is 19.8 Å². The van der Waals surface area contributed by atoms with Gasteiger partial charge in [-0.05, 0) is 13.0 Å². The summed E-state index contributed by atoms with van der Waals surface area (Å²) >= 11 is 0. The molecule has 0 aliphatic rings. The maximum absolute atomic E-state index is 12.2. The van der Waals surface area contributed by atoms with Crippen molar-refractivity contribution in [3.8, 4) is 0 Å². The average molecular weight is 290 g/mol. The number of benzene rings is 1. The van der Waals surface area contributed by atoms with Crippen LogP contribution >= 0.6 is 0 Å². The summed E-state index contributed by atoms with van der Waals surface area (Å²) in [5.41, 5.74) is 1.64. The molecule has 6 heteroatoms. The van der Waals surface area contributed by atoms with Crippen molar-refractivity contribution < 1.29 is 19.4 Å². The minimum atomic E-state index is -1.02. The normalized spacial score (nSPS) is 10.7. The lowest BCUT2D eigenvalue weighted by Crippen LogP contribution is -2.27. The molecular formula is C15H18N2O4. The molecule has 1 amide bonds. The average Bonchev–Trinajstić information content (AvgIpc) is 2.85. The third-order valence-corrected chi connectivity index (χ3v) is 3.13. The Morgan fingerprint density at radius 1 is 1.33 bits per heavy atom. The number of hydrogen-bond acceptors (Lipinski definition) is 3. The number of rotatable bonds is 7. The van der Waals surface area contributed by atoms with Gasteiger partial charge in [0.1, 0.15) is 6.61 Å². The van der Waals surface area contributed by atoms with Gasteiger partial charge in [0.2, 0.25) is 0 Å². The molecule has 0 bridgehead atoms. The van der Waals surface area contributed by atoms with Gasteiger partial charge in [0.25, 0.3) is 5.91 Å². The Labute approximate surface area is 122 Å². The van der Waals surface area contributed by atoms with Crippen molar-refractivity contribution in [3.63, 3.8) is 0 Å². The van der Waals surface area contributed by atoms with Gasteiger partial charge in [0.15, 0.2) is 0 Å². The summed E-state index contributed by atoms with van der Waals surface area (Å²) < 4.78 is 6.89. The summed E-state index contributed by atoms with van der Waals surface area (Å²) in [6.45, 7) is 2.90. The van der Waals surface area contributed by atoms with Crippen LogP contribution in [0.3, 0.4) is 0 Å². The van der Waals surface area contributed by atoms with Crippen LogP contribution in [-0.4, -0.2) is 41.3 Å². The first-order chi connectivity index (χ1) is 10.1. The van der Waals surface area contributed by atoms with Crippen molar-refractivity contribution >= 4 is 22.8 Å². The Morgan fingerprint density at radius 3 is 2.81 bits per heavy atom. The number of para-hydroxylation sites is 1. The van der Waals surface area contributed by atoms with Gasteiger partial charge in [-0.25, -0.2) is 4.79 Å². The molecule has 0 aliphatic carbocycles. The van der Waals surface area contributed by atoms with E-state index < -0.39 is 5.97 Å². The second kappa shape index (κ2) is 6.90. The van der Waals surface area contributed by atoms with Gasteiger partial charge < -0.3 is 19.7 Å². The Balaban J connectivity index is 2.01. The van der Waals surface area contributed by atoms with E-state index in [1.165, 1.54) is 0 Å². The van der Waals surface area contributed by atoms with Gasteiger partial charge in [-0.2, -0.15) is 0 Å². The molecule has 0 spiro atoms. The van der Waals surface area contributed by atoms with E-state index in [2.05, 4.69) is 5.32 Å². The Bertz CT molecular complexity index is 648. The van der Waals surface area contributed by atoms with Crippen molar-refractivity contribution in [1.29, 1.82) is 0 Å². The monoisotopic (exact) mass is 290 g/mol. The minimum Gasteiger partial charge on any atom is -0.480 e. The number of hydrogen-bond donors (Lipinski definition) is 2. The highest BCUT2D eigenvalue weighted by Gasteiger charge is 2.13. The number of aromatic nitrogens is 1. The van der Waals surface area contributed by atoms with E-state index >= 15 is 0 Å². The van der Waals surface area contributed by atoms with Crippen molar-refractivity contribution in [2.24, 2.45) is 0 Å². The summed E-state index contributed by atoms with van der Waals surface area (Å²) in [5, 5.41) is 12.1. The van der Waals surface area contributed by atoms with Gasteiger partial charge in [-0.3, -0.25) is 4.79 Å². The summed E-state index contributed by atoms with van der Waals surface area (Å²) in [6.07, 6.45) is 1.83. The third-order valence-electron chi connectivity index (χ3n) is 3.13. The predicted octanol–water partition coefficient (Wildman–Crippen LogP) is 1.49. The first kappa shape index (κ1) is 15.1. The van der Waals surface area contributed by atoms with Crippen LogP contribution in [0.4, 0.5) is 0 Å². The first-order valence-electron chi connectivity index (χ1n) is 6.79. The molecule has 2 aromatic rings. The molecule has 1 aromatic carbocycles. The summed E-state index contributed by atoms with van der Waals surface area (Å²) in [7, 11) is 0. The maximum Gasteiger partial charge on any atom is 0.329 e. The Kier molecular flexibility index (Phi) is 4.94. The molecule has 0 unspecified atom stereocenters. The quantitative estimate of drug-likeness (QED) is 0.757. The molecule has 1 aromatic heterocycles. The van der Waals surface area contributed by atoms with Crippen molar-refractivity contribution in [2.45, 2.75) is 13.5 Å². The molecule has 2 rings (SSSR count). The number of amides is 1. The smallest absolute Gasteiger partial charge is 0.329 e. The lowest BCUT2D eigenvalue weighted by molar-refractivity contribution is -0.142. The SMILES string of the molecule is CCn1cc(C(=O)NCCOCC(=O)O)c2ccccc21. The highest BCUT2D eigenvalue weighted by molar-refractivity contribution is 6.06. The topological polar surface area (TPSA) is 80.6 Å². The molecular weight excluding hydrogens is 272 g/mol. The zero-order valence-electron chi connectivity index (χ0n) is 11.8. The minimum absolute atomic E-state index is 0.171. The van der Waals surface area contributed by atoms with E-state index in [-0.39, 0.29) is 25.7 Å². The van der Waals surface area contributed by atoms with Crippen LogP contribution in [0.15, 0.2) is 30.5 Å². The molecule has 0 radical (unpaired) electrons. The van der Waals surface area contributed by atoms with Crippen LogP contribution in [0, 0.1) is 0 Å². The number of aliphatic carboxylic acids is 1. The fraction of sp³-hybridized carbons (Fsp3) is 0.333.